The number of halogens is 1. The standard InChI is InChI=1S/C17H26FN3/c1-2-16(19)17(13-4-3-5-14(18)12-13)21-10-8-20(9-11-21)15-6-7-15/h3-5,12,15-17H,2,6-11,19H2,1H3. The molecule has 1 aliphatic carbocycles. The minimum atomic E-state index is -0.169. The molecule has 2 unspecified atom stereocenters. The van der Waals surface area contributed by atoms with Crippen molar-refractivity contribution in [3.8, 4) is 0 Å². The molecule has 1 saturated carbocycles. The molecule has 116 valence electrons. The first-order valence-corrected chi connectivity index (χ1v) is 8.18. The van der Waals surface area contributed by atoms with Crippen molar-refractivity contribution in [3.05, 3.63) is 35.6 Å². The smallest absolute Gasteiger partial charge is 0.123 e. The SMILES string of the molecule is CCC(N)C(c1cccc(F)c1)N1CCN(C2CC2)CC1. The van der Waals surface area contributed by atoms with Crippen LogP contribution >= 0.6 is 0 Å². The number of hydrogen-bond acceptors (Lipinski definition) is 3. The summed E-state index contributed by atoms with van der Waals surface area (Å²) in [4.78, 5) is 5.04. The summed E-state index contributed by atoms with van der Waals surface area (Å²) in [5.41, 5.74) is 7.38. The average molecular weight is 291 g/mol. The van der Waals surface area contributed by atoms with Crippen molar-refractivity contribution >= 4 is 0 Å². The van der Waals surface area contributed by atoms with Gasteiger partial charge >= 0.3 is 0 Å². The number of benzene rings is 1. The summed E-state index contributed by atoms with van der Waals surface area (Å²) in [6.45, 7) is 6.41. The van der Waals surface area contributed by atoms with Gasteiger partial charge in [0.1, 0.15) is 5.82 Å². The van der Waals surface area contributed by atoms with Gasteiger partial charge < -0.3 is 5.73 Å². The molecule has 1 aliphatic heterocycles. The molecule has 2 N–H and O–H groups in total. The molecule has 21 heavy (non-hydrogen) atoms. The Labute approximate surface area is 126 Å². The minimum absolute atomic E-state index is 0.0549. The van der Waals surface area contributed by atoms with E-state index in [1.165, 1.54) is 18.9 Å². The van der Waals surface area contributed by atoms with Crippen LogP contribution < -0.4 is 5.73 Å². The predicted octanol–water partition coefficient (Wildman–Crippen LogP) is 2.38. The third-order valence-electron chi connectivity index (χ3n) is 4.87. The summed E-state index contributed by atoms with van der Waals surface area (Å²) in [6.07, 6.45) is 3.63. The Morgan fingerprint density at radius 1 is 1.24 bits per heavy atom. The number of hydrogen-bond donors (Lipinski definition) is 1. The van der Waals surface area contributed by atoms with Crippen LogP contribution in [0.3, 0.4) is 0 Å². The molecule has 2 fully saturated rings. The molecule has 1 saturated heterocycles. The molecule has 2 atom stereocenters. The van der Waals surface area contributed by atoms with Crippen LogP contribution in [-0.4, -0.2) is 48.1 Å². The van der Waals surface area contributed by atoms with Crippen LogP contribution in [0.15, 0.2) is 24.3 Å². The van der Waals surface area contributed by atoms with E-state index in [2.05, 4.69) is 16.7 Å². The molecule has 3 rings (SSSR count). The Hall–Kier alpha value is -0.970. The van der Waals surface area contributed by atoms with Gasteiger partial charge in [0.15, 0.2) is 0 Å². The van der Waals surface area contributed by atoms with Gasteiger partial charge in [0, 0.05) is 38.3 Å². The van der Waals surface area contributed by atoms with Crippen LogP contribution in [0.5, 0.6) is 0 Å². The van der Waals surface area contributed by atoms with E-state index in [1.54, 1.807) is 12.1 Å². The molecule has 0 spiro atoms. The Bertz CT molecular complexity index is 467. The lowest BCUT2D eigenvalue weighted by Gasteiger charge is -2.41. The highest BCUT2D eigenvalue weighted by molar-refractivity contribution is 5.22. The van der Waals surface area contributed by atoms with Crippen LogP contribution in [0.2, 0.25) is 0 Å². The molecule has 0 radical (unpaired) electrons. The van der Waals surface area contributed by atoms with E-state index < -0.39 is 0 Å². The van der Waals surface area contributed by atoms with Gasteiger partial charge in [0.25, 0.3) is 0 Å². The minimum Gasteiger partial charge on any atom is -0.326 e. The molecule has 2 aliphatic rings. The van der Waals surface area contributed by atoms with Crippen LogP contribution in [0.1, 0.15) is 37.8 Å². The molecular formula is C17H26FN3. The van der Waals surface area contributed by atoms with Crippen molar-refractivity contribution < 1.29 is 4.39 Å². The van der Waals surface area contributed by atoms with Gasteiger partial charge in [-0.2, -0.15) is 0 Å². The first-order chi connectivity index (χ1) is 10.2. The molecule has 0 bridgehead atoms. The molecule has 0 aromatic heterocycles. The van der Waals surface area contributed by atoms with Gasteiger partial charge in [-0.1, -0.05) is 19.1 Å². The van der Waals surface area contributed by atoms with E-state index in [0.29, 0.717) is 0 Å². The number of nitrogens with two attached hydrogens (primary N) is 1. The predicted molar refractivity (Wildman–Crippen MR) is 83.6 cm³/mol. The normalized spacial score (nSPS) is 24.0. The molecule has 0 amide bonds. The molecular weight excluding hydrogens is 265 g/mol. The van der Waals surface area contributed by atoms with E-state index in [9.17, 15) is 4.39 Å². The number of nitrogens with zero attached hydrogens (tertiary/aromatic N) is 2. The van der Waals surface area contributed by atoms with Crippen molar-refractivity contribution in [1.82, 2.24) is 9.80 Å². The zero-order valence-corrected chi connectivity index (χ0v) is 12.8. The van der Waals surface area contributed by atoms with E-state index in [1.807, 2.05) is 6.07 Å². The third-order valence-corrected chi connectivity index (χ3v) is 4.87. The van der Waals surface area contributed by atoms with Crippen molar-refractivity contribution in [2.24, 2.45) is 5.73 Å². The Kier molecular flexibility index (Phi) is 4.57. The van der Waals surface area contributed by atoms with Gasteiger partial charge in [-0.25, -0.2) is 4.39 Å². The molecule has 1 aromatic rings. The Morgan fingerprint density at radius 3 is 2.52 bits per heavy atom. The lowest BCUT2D eigenvalue weighted by Crippen LogP contribution is -2.51. The topological polar surface area (TPSA) is 32.5 Å². The quantitative estimate of drug-likeness (QED) is 0.904. The fourth-order valence-corrected chi connectivity index (χ4v) is 3.46. The summed E-state index contributed by atoms with van der Waals surface area (Å²) in [6, 6.07) is 7.97. The van der Waals surface area contributed by atoms with Crippen molar-refractivity contribution in [2.75, 3.05) is 26.2 Å². The van der Waals surface area contributed by atoms with Gasteiger partial charge in [0.2, 0.25) is 0 Å². The maximum Gasteiger partial charge on any atom is 0.123 e. The fraction of sp³-hybridized carbons (Fsp3) is 0.647. The zero-order chi connectivity index (χ0) is 14.8. The third kappa shape index (κ3) is 3.44. The summed E-state index contributed by atoms with van der Waals surface area (Å²) in [7, 11) is 0. The molecule has 3 nitrogen and oxygen atoms in total. The highest BCUT2D eigenvalue weighted by atomic mass is 19.1. The summed E-state index contributed by atoms with van der Waals surface area (Å²) in [5, 5.41) is 0. The van der Waals surface area contributed by atoms with Gasteiger partial charge in [-0.15, -0.1) is 0 Å². The largest absolute Gasteiger partial charge is 0.326 e. The lowest BCUT2D eigenvalue weighted by atomic mass is 9.95. The number of rotatable bonds is 5. The Balaban J connectivity index is 1.73. The van der Waals surface area contributed by atoms with Crippen LogP contribution in [0, 0.1) is 5.82 Å². The Morgan fingerprint density at radius 2 is 1.95 bits per heavy atom. The summed E-state index contributed by atoms with van der Waals surface area (Å²) < 4.78 is 13.6. The summed E-state index contributed by atoms with van der Waals surface area (Å²) in [5.74, 6) is -0.169. The maximum atomic E-state index is 13.6. The zero-order valence-electron chi connectivity index (χ0n) is 12.8. The maximum absolute atomic E-state index is 13.6. The van der Waals surface area contributed by atoms with Crippen molar-refractivity contribution in [3.63, 3.8) is 0 Å². The monoisotopic (exact) mass is 291 g/mol. The average Bonchev–Trinajstić information content (AvgIpc) is 3.33. The van der Waals surface area contributed by atoms with Gasteiger partial charge in [-0.05, 0) is 37.0 Å². The van der Waals surface area contributed by atoms with Crippen LogP contribution in [0.4, 0.5) is 4.39 Å². The lowest BCUT2D eigenvalue weighted by molar-refractivity contribution is 0.0794. The van der Waals surface area contributed by atoms with Crippen LogP contribution in [0.25, 0.3) is 0 Å². The van der Waals surface area contributed by atoms with Crippen LogP contribution in [-0.2, 0) is 0 Å². The second-order valence-electron chi connectivity index (χ2n) is 6.38. The molecule has 1 aromatic carbocycles. The highest BCUT2D eigenvalue weighted by Gasteiger charge is 2.34. The molecule has 1 heterocycles. The van der Waals surface area contributed by atoms with E-state index in [-0.39, 0.29) is 17.9 Å². The van der Waals surface area contributed by atoms with Crippen molar-refractivity contribution in [1.29, 1.82) is 0 Å². The highest BCUT2D eigenvalue weighted by Crippen LogP contribution is 2.31. The van der Waals surface area contributed by atoms with Crippen molar-refractivity contribution in [2.45, 2.75) is 44.3 Å². The number of piperazine rings is 1. The second kappa shape index (κ2) is 6.42. The van der Waals surface area contributed by atoms with E-state index in [0.717, 1.165) is 44.2 Å². The van der Waals surface area contributed by atoms with E-state index >= 15 is 0 Å². The first-order valence-electron chi connectivity index (χ1n) is 8.18. The summed E-state index contributed by atoms with van der Waals surface area (Å²) >= 11 is 0. The van der Waals surface area contributed by atoms with Gasteiger partial charge in [0.05, 0.1) is 6.04 Å². The second-order valence-corrected chi connectivity index (χ2v) is 6.38. The fourth-order valence-electron chi connectivity index (χ4n) is 3.46. The van der Waals surface area contributed by atoms with E-state index in [4.69, 9.17) is 5.73 Å². The molecule has 4 heteroatoms. The first kappa shape index (κ1) is 14.9. The van der Waals surface area contributed by atoms with Gasteiger partial charge in [-0.3, -0.25) is 9.80 Å².